The Labute approximate surface area is 125 Å². The van der Waals surface area contributed by atoms with Crippen molar-refractivity contribution in [3.8, 4) is 0 Å². The highest BCUT2D eigenvalue weighted by atomic mass is 16.1. The van der Waals surface area contributed by atoms with Gasteiger partial charge in [0, 0.05) is 12.8 Å². The van der Waals surface area contributed by atoms with Crippen molar-refractivity contribution in [3.63, 3.8) is 0 Å². The monoisotopic (exact) mass is 276 g/mol. The van der Waals surface area contributed by atoms with Crippen LogP contribution in [-0.4, -0.2) is 5.78 Å². The lowest BCUT2D eigenvalue weighted by Gasteiger charge is -2.32. The summed E-state index contributed by atoms with van der Waals surface area (Å²) in [4.78, 5) is 11.5. The zero-order valence-electron chi connectivity index (χ0n) is 14.1. The first-order chi connectivity index (χ1) is 9.36. The molecule has 114 valence electrons. The third kappa shape index (κ3) is 5.26. The van der Waals surface area contributed by atoms with Crippen LogP contribution in [0.3, 0.4) is 0 Å². The van der Waals surface area contributed by atoms with Crippen molar-refractivity contribution in [2.75, 3.05) is 0 Å². The third-order valence-electron chi connectivity index (χ3n) is 4.44. The largest absolute Gasteiger partial charge is 0.300 e. The van der Waals surface area contributed by atoms with Gasteiger partial charge in [-0.25, -0.2) is 0 Å². The van der Waals surface area contributed by atoms with Crippen LogP contribution in [0.2, 0.25) is 0 Å². The predicted molar refractivity (Wildman–Crippen MR) is 87.8 cm³/mol. The van der Waals surface area contributed by atoms with Gasteiger partial charge < -0.3 is 0 Å². The number of allylic oxidation sites excluding steroid dienone is 4. The molecule has 0 aromatic carbocycles. The number of unbranched alkanes of at least 4 members (excludes halogenated alkanes) is 1. The zero-order chi connectivity index (χ0) is 15.2. The van der Waals surface area contributed by atoms with Gasteiger partial charge in [-0.3, -0.25) is 4.79 Å². The minimum atomic E-state index is 0.239. The number of carbonyl (C=O) groups is 1. The van der Waals surface area contributed by atoms with E-state index in [-0.39, 0.29) is 5.41 Å². The minimum absolute atomic E-state index is 0.239. The van der Waals surface area contributed by atoms with Gasteiger partial charge in [-0.1, -0.05) is 51.8 Å². The normalized spacial score (nSPS) is 19.6. The second-order valence-corrected chi connectivity index (χ2v) is 7.06. The Morgan fingerprint density at radius 2 is 2.00 bits per heavy atom. The number of Topliss-reactive ketones (excluding diaryl/α,β-unsaturated/α-hetero) is 1. The van der Waals surface area contributed by atoms with E-state index < -0.39 is 0 Å². The predicted octanol–water partition coefficient (Wildman–Crippen LogP) is 5.85. The molecule has 0 aromatic rings. The Hall–Kier alpha value is -0.850. The van der Waals surface area contributed by atoms with Crippen LogP contribution in [0.25, 0.3) is 0 Å². The van der Waals surface area contributed by atoms with Gasteiger partial charge in [0.05, 0.1) is 0 Å². The quantitative estimate of drug-likeness (QED) is 0.508. The highest BCUT2D eigenvalue weighted by molar-refractivity contribution is 5.78. The van der Waals surface area contributed by atoms with Crippen molar-refractivity contribution in [3.05, 3.63) is 23.3 Å². The number of hydrogen-bond donors (Lipinski definition) is 0. The van der Waals surface area contributed by atoms with Gasteiger partial charge in [0.15, 0.2) is 0 Å². The summed E-state index contributed by atoms with van der Waals surface area (Å²) in [7, 11) is 0. The van der Waals surface area contributed by atoms with Crippen molar-refractivity contribution >= 4 is 5.78 Å². The molecule has 0 aromatic heterocycles. The fraction of sp³-hybridized carbons (Fsp3) is 0.737. The van der Waals surface area contributed by atoms with Crippen LogP contribution >= 0.6 is 0 Å². The molecule has 1 unspecified atom stereocenters. The van der Waals surface area contributed by atoms with Gasteiger partial charge in [-0.2, -0.15) is 0 Å². The van der Waals surface area contributed by atoms with Crippen LogP contribution in [0, 0.1) is 11.3 Å². The molecule has 1 aliphatic carbocycles. The van der Waals surface area contributed by atoms with Crippen molar-refractivity contribution in [1.29, 1.82) is 0 Å². The Morgan fingerprint density at radius 1 is 1.30 bits per heavy atom. The molecule has 1 heteroatoms. The zero-order valence-corrected chi connectivity index (χ0v) is 14.1. The van der Waals surface area contributed by atoms with Crippen LogP contribution in [0.5, 0.6) is 0 Å². The SMILES string of the molecule is CCCC(=O)CCCCC(C)(C)C1=CC(C)CC=C1C. The van der Waals surface area contributed by atoms with Crippen LogP contribution < -0.4 is 0 Å². The maximum atomic E-state index is 11.5. The van der Waals surface area contributed by atoms with Crippen LogP contribution in [0.1, 0.15) is 79.6 Å². The summed E-state index contributed by atoms with van der Waals surface area (Å²) >= 11 is 0. The fourth-order valence-electron chi connectivity index (χ4n) is 3.14. The standard InChI is InChI=1S/C19H32O/c1-6-9-17(20)10-7-8-13-19(4,5)18-14-15(2)11-12-16(18)3/h12,14-15H,6-11,13H2,1-5H3. The van der Waals surface area contributed by atoms with Crippen molar-refractivity contribution < 1.29 is 4.79 Å². The summed E-state index contributed by atoms with van der Waals surface area (Å²) in [5, 5.41) is 0. The summed E-state index contributed by atoms with van der Waals surface area (Å²) in [5.41, 5.74) is 3.22. The third-order valence-corrected chi connectivity index (χ3v) is 4.44. The van der Waals surface area contributed by atoms with Crippen molar-refractivity contribution in [2.24, 2.45) is 11.3 Å². The molecule has 1 rings (SSSR count). The first kappa shape index (κ1) is 17.2. The second kappa shape index (κ2) is 7.81. The number of ketones is 1. The molecule has 1 atom stereocenters. The number of carbonyl (C=O) groups excluding carboxylic acids is 1. The van der Waals surface area contributed by atoms with Crippen LogP contribution in [0.15, 0.2) is 23.3 Å². The smallest absolute Gasteiger partial charge is 0.132 e. The lowest BCUT2D eigenvalue weighted by atomic mass is 9.73. The Balaban J connectivity index is 2.45. The van der Waals surface area contributed by atoms with E-state index in [0.29, 0.717) is 11.7 Å². The molecule has 0 amide bonds. The maximum absolute atomic E-state index is 11.5. The van der Waals surface area contributed by atoms with Crippen molar-refractivity contribution in [2.45, 2.75) is 79.6 Å². The number of rotatable bonds is 8. The highest BCUT2D eigenvalue weighted by Gasteiger charge is 2.26. The maximum Gasteiger partial charge on any atom is 0.132 e. The van der Waals surface area contributed by atoms with Gasteiger partial charge in [0.25, 0.3) is 0 Å². The fourth-order valence-corrected chi connectivity index (χ4v) is 3.14. The van der Waals surface area contributed by atoms with E-state index in [2.05, 4.69) is 46.8 Å². The topological polar surface area (TPSA) is 17.1 Å². The van der Waals surface area contributed by atoms with E-state index in [4.69, 9.17) is 0 Å². The Kier molecular flexibility index (Phi) is 6.71. The minimum Gasteiger partial charge on any atom is -0.300 e. The van der Waals surface area contributed by atoms with Gasteiger partial charge in [0.1, 0.15) is 5.78 Å². The molecular formula is C19H32O. The van der Waals surface area contributed by atoms with E-state index in [1.54, 1.807) is 0 Å². The van der Waals surface area contributed by atoms with Gasteiger partial charge >= 0.3 is 0 Å². The molecule has 0 saturated carbocycles. The van der Waals surface area contributed by atoms with Crippen molar-refractivity contribution in [1.82, 2.24) is 0 Å². The first-order valence-corrected chi connectivity index (χ1v) is 8.28. The summed E-state index contributed by atoms with van der Waals surface area (Å²) in [6.07, 6.45) is 11.9. The molecule has 0 saturated heterocycles. The average Bonchev–Trinajstić information content (AvgIpc) is 2.38. The van der Waals surface area contributed by atoms with Gasteiger partial charge in [-0.15, -0.1) is 0 Å². The van der Waals surface area contributed by atoms with E-state index >= 15 is 0 Å². The summed E-state index contributed by atoms with van der Waals surface area (Å²) in [6, 6.07) is 0. The Bertz CT molecular complexity index is 385. The molecule has 0 bridgehead atoms. The average molecular weight is 276 g/mol. The summed E-state index contributed by atoms with van der Waals surface area (Å²) in [5.74, 6) is 1.10. The van der Waals surface area contributed by atoms with E-state index in [1.165, 1.54) is 24.0 Å². The lowest BCUT2D eigenvalue weighted by molar-refractivity contribution is -0.119. The lowest BCUT2D eigenvalue weighted by Crippen LogP contribution is -2.19. The number of hydrogen-bond acceptors (Lipinski definition) is 1. The molecular weight excluding hydrogens is 244 g/mol. The molecule has 0 aliphatic heterocycles. The molecule has 0 fully saturated rings. The molecule has 0 spiro atoms. The first-order valence-electron chi connectivity index (χ1n) is 8.28. The molecule has 1 nitrogen and oxygen atoms in total. The van der Waals surface area contributed by atoms with E-state index in [0.717, 1.165) is 32.1 Å². The molecule has 20 heavy (non-hydrogen) atoms. The molecule has 0 radical (unpaired) electrons. The van der Waals surface area contributed by atoms with E-state index in [9.17, 15) is 4.79 Å². The molecule has 0 heterocycles. The Morgan fingerprint density at radius 3 is 2.65 bits per heavy atom. The van der Waals surface area contributed by atoms with Gasteiger partial charge in [-0.05, 0) is 49.5 Å². The summed E-state index contributed by atoms with van der Waals surface area (Å²) in [6.45, 7) is 11.3. The van der Waals surface area contributed by atoms with Crippen LogP contribution in [-0.2, 0) is 4.79 Å². The highest BCUT2D eigenvalue weighted by Crippen LogP contribution is 2.40. The summed E-state index contributed by atoms with van der Waals surface area (Å²) < 4.78 is 0. The molecule has 1 aliphatic rings. The van der Waals surface area contributed by atoms with Gasteiger partial charge in [0.2, 0.25) is 0 Å². The van der Waals surface area contributed by atoms with E-state index in [1.807, 2.05) is 0 Å². The van der Waals surface area contributed by atoms with Crippen LogP contribution in [0.4, 0.5) is 0 Å². The molecule has 0 N–H and O–H groups in total. The second-order valence-electron chi connectivity index (χ2n) is 7.06.